The molecule has 0 fully saturated rings. The van der Waals surface area contributed by atoms with Crippen molar-refractivity contribution in [2.24, 2.45) is 0 Å². The molecule has 0 amide bonds. The third kappa shape index (κ3) is 4.71. The Kier molecular flexibility index (Phi) is 6.64. The highest BCUT2D eigenvalue weighted by molar-refractivity contribution is 7.25. The maximum Gasteiger partial charge on any atom is 0.161 e. The van der Waals surface area contributed by atoms with Gasteiger partial charge in [-0.25, -0.2) is 15.0 Å². The third-order valence-corrected chi connectivity index (χ3v) is 10.6. The second-order valence-electron chi connectivity index (χ2n) is 12.5. The van der Waals surface area contributed by atoms with E-state index in [0.29, 0.717) is 5.82 Å². The first-order valence-electron chi connectivity index (χ1n) is 16.7. The SMILES string of the molecule is c1ccc(-c2cc(-c3ccccc3)nc(-c3ccnc4sc5ccc(-c6ccc7c(c6)c6ccccc6n7-c6ccccc6)cc5c34)n2)cc1. The van der Waals surface area contributed by atoms with Gasteiger partial charge in [0.15, 0.2) is 5.82 Å². The van der Waals surface area contributed by atoms with E-state index in [9.17, 15) is 0 Å². The summed E-state index contributed by atoms with van der Waals surface area (Å²) in [6.07, 6.45) is 1.88. The molecular formula is C45H28N4S. The number of thiophene rings is 1. The van der Waals surface area contributed by atoms with Crippen LogP contribution in [0.15, 0.2) is 170 Å². The van der Waals surface area contributed by atoms with Crippen LogP contribution < -0.4 is 0 Å². The average Bonchev–Trinajstić information content (AvgIpc) is 3.74. The number of fused-ring (bicyclic) bond motifs is 6. The first kappa shape index (κ1) is 28.6. The molecule has 0 atom stereocenters. The van der Waals surface area contributed by atoms with Crippen LogP contribution in [0.5, 0.6) is 0 Å². The lowest BCUT2D eigenvalue weighted by Gasteiger charge is -2.10. The van der Waals surface area contributed by atoms with E-state index < -0.39 is 0 Å². The Hall–Kier alpha value is -6.43. The van der Waals surface area contributed by atoms with Gasteiger partial charge in [0.2, 0.25) is 0 Å². The number of nitrogens with zero attached hydrogens (tertiary/aromatic N) is 4. The highest BCUT2D eigenvalue weighted by Crippen LogP contribution is 2.42. The van der Waals surface area contributed by atoms with Gasteiger partial charge in [-0.1, -0.05) is 109 Å². The molecule has 6 aromatic carbocycles. The van der Waals surface area contributed by atoms with E-state index in [-0.39, 0.29) is 0 Å². The summed E-state index contributed by atoms with van der Waals surface area (Å²) in [6, 6.07) is 57.7. The molecule has 0 bridgehead atoms. The number of benzene rings is 6. The number of para-hydroxylation sites is 2. The van der Waals surface area contributed by atoms with E-state index in [1.54, 1.807) is 11.3 Å². The molecular weight excluding hydrogens is 629 g/mol. The molecule has 234 valence electrons. The molecule has 10 rings (SSSR count). The second-order valence-corrected chi connectivity index (χ2v) is 13.5. The predicted octanol–water partition coefficient (Wildman–Crippen LogP) is 12.0. The van der Waals surface area contributed by atoms with Gasteiger partial charge >= 0.3 is 0 Å². The molecule has 0 radical (unpaired) electrons. The van der Waals surface area contributed by atoms with E-state index >= 15 is 0 Å². The fourth-order valence-electron chi connectivity index (χ4n) is 7.15. The quantitative estimate of drug-likeness (QED) is 0.185. The van der Waals surface area contributed by atoms with Gasteiger partial charge in [-0.2, -0.15) is 0 Å². The average molecular weight is 657 g/mol. The summed E-state index contributed by atoms with van der Waals surface area (Å²) < 4.78 is 3.54. The van der Waals surface area contributed by atoms with Crippen molar-refractivity contribution >= 4 is 53.4 Å². The summed E-state index contributed by atoms with van der Waals surface area (Å²) in [5.74, 6) is 0.692. The number of pyridine rings is 1. The monoisotopic (exact) mass is 656 g/mol. The van der Waals surface area contributed by atoms with Crippen LogP contribution in [-0.4, -0.2) is 19.5 Å². The van der Waals surface area contributed by atoms with Crippen molar-refractivity contribution in [3.05, 3.63) is 170 Å². The predicted molar refractivity (Wildman–Crippen MR) is 209 cm³/mol. The van der Waals surface area contributed by atoms with Gasteiger partial charge < -0.3 is 4.57 Å². The topological polar surface area (TPSA) is 43.6 Å². The van der Waals surface area contributed by atoms with Crippen molar-refractivity contribution in [3.8, 4) is 50.7 Å². The summed E-state index contributed by atoms with van der Waals surface area (Å²) in [7, 11) is 0. The number of hydrogen-bond acceptors (Lipinski definition) is 4. The molecule has 4 aromatic heterocycles. The van der Waals surface area contributed by atoms with Crippen LogP contribution in [0.4, 0.5) is 0 Å². The minimum Gasteiger partial charge on any atom is -0.309 e. The van der Waals surface area contributed by atoms with Crippen molar-refractivity contribution in [1.29, 1.82) is 0 Å². The fraction of sp³-hybridized carbons (Fsp3) is 0. The molecule has 4 heterocycles. The zero-order valence-electron chi connectivity index (χ0n) is 26.9. The van der Waals surface area contributed by atoms with Crippen LogP contribution in [0.1, 0.15) is 0 Å². The molecule has 0 aliphatic rings. The van der Waals surface area contributed by atoms with E-state index in [0.717, 1.165) is 54.9 Å². The highest BCUT2D eigenvalue weighted by Gasteiger charge is 2.18. The van der Waals surface area contributed by atoms with E-state index in [1.165, 1.54) is 32.1 Å². The number of rotatable bonds is 5. The Morgan fingerprint density at radius 2 is 1.06 bits per heavy atom. The van der Waals surface area contributed by atoms with Gasteiger partial charge in [-0.3, -0.25) is 0 Å². The molecule has 5 heteroatoms. The van der Waals surface area contributed by atoms with Gasteiger partial charge in [-0.05, 0) is 65.7 Å². The largest absolute Gasteiger partial charge is 0.309 e. The summed E-state index contributed by atoms with van der Waals surface area (Å²) in [5.41, 5.74) is 10.8. The van der Waals surface area contributed by atoms with Crippen LogP contribution in [0, 0.1) is 0 Å². The maximum absolute atomic E-state index is 5.17. The van der Waals surface area contributed by atoms with Crippen molar-refractivity contribution < 1.29 is 0 Å². The van der Waals surface area contributed by atoms with Crippen molar-refractivity contribution in [1.82, 2.24) is 19.5 Å². The lowest BCUT2D eigenvalue weighted by molar-refractivity contribution is 1.18. The fourth-order valence-corrected chi connectivity index (χ4v) is 8.20. The number of hydrogen-bond donors (Lipinski definition) is 0. The summed E-state index contributed by atoms with van der Waals surface area (Å²) in [5, 5.41) is 4.72. The second kappa shape index (κ2) is 11.6. The molecule has 0 spiro atoms. The zero-order chi connectivity index (χ0) is 33.0. The smallest absolute Gasteiger partial charge is 0.161 e. The molecule has 4 nitrogen and oxygen atoms in total. The van der Waals surface area contributed by atoms with Gasteiger partial charge in [0.25, 0.3) is 0 Å². The molecule has 0 N–H and O–H groups in total. The van der Waals surface area contributed by atoms with Crippen LogP contribution in [-0.2, 0) is 0 Å². The zero-order valence-corrected chi connectivity index (χ0v) is 27.7. The lowest BCUT2D eigenvalue weighted by Crippen LogP contribution is -1.96. The summed E-state index contributed by atoms with van der Waals surface area (Å²) >= 11 is 1.71. The van der Waals surface area contributed by atoms with Crippen molar-refractivity contribution in [2.75, 3.05) is 0 Å². The van der Waals surface area contributed by atoms with Crippen LogP contribution in [0.2, 0.25) is 0 Å². The Balaban J connectivity index is 1.16. The Bertz CT molecular complexity index is 2800. The molecule has 50 heavy (non-hydrogen) atoms. The standard InChI is InChI=1S/C45H28N4S/c1-4-12-29(13-5-1)38-28-39(30-14-6-2-7-15-30)48-44(47-38)35-24-25-46-45-43(35)37-27-32(21-23-42(37)50-45)31-20-22-41-36(26-31)34-18-10-11-19-40(34)49(41)33-16-8-3-9-17-33/h1-28H. The molecule has 10 aromatic rings. The van der Waals surface area contributed by atoms with Crippen molar-refractivity contribution in [2.45, 2.75) is 0 Å². The Morgan fingerprint density at radius 1 is 0.460 bits per heavy atom. The highest BCUT2D eigenvalue weighted by atomic mass is 32.1. The normalized spacial score (nSPS) is 11.6. The van der Waals surface area contributed by atoms with Gasteiger partial charge in [0.1, 0.15) is 4.83 Å². The van der Waals surface area contributed by atoms with E-state index in [1.807, 2.05) is 18.3 Å². The van der Waals surface area contributed by atoms with Gasteiger partial charge in [0.05, 0.1) is 22.4 Å². The first-order chi connectivity index (χ1) is 24.8. The molecule has 0 saturated heterocycles. The summed E-state index contributed by atoms with van der Waals surface area (Å²) in [4.78, 5) is 16.2. The molecule has 0 saturated carbocycles. The minimum absolute atomic E-state index is 0.692. The van der Waals surface area contributed by atoms with Crippen LogP contribution in [0.3, 0.4) is 0 Å². The van der Waals surface area contributed by atoms with Crippen LogP contribution >= 0.6 is 11.3 Å². The maximum atomic E-state index is 5.17. The Morgan fingerprint density at radius 3 is 1.78 bits per heavy atom. The minimum atomic E-state index is 0.692. The van der Waals surface area contributed by atoms with E-state index in [4.69, 9.17) is 15.0 Å². The third-order valence-electron chi connectivity index (χ3n) is 9.50. The first-order valence-corrected chi connectivity index (χ1v) is 17.5. The van der Waals surface area contributed by atoms with Gasteiger partial charge in [-0.15, -0.1) is 11.3 Å². The number of aromatic nitrogens is 4. The van der Waals surface area contributed by atoms with Gasteiger partial charge in [0, 0.05) is 54.8 Å². The van der Waals surface area contributed by atoms with E-state index in [2.05, 4.69) is 156 Å². The molecule has 0 unspecified atom stereocenters. The van der Waals surface area contributed by atoms with Crippen molar-refractivity contribution in [3.63, 3.8) is 0 Å². The molecule has 0 aliphatic carbocycles. The van der Waals surface area contributed by atoms with Crippen LogP contribution in [0.25, 0.3) is 92.8 Å². The lowest BCUT2D eigenvalue weighted by atomic mass is 9.99. The molecule has 0 aliphatic heterocycles. The summed E-state index contributed by atoms with van der Waals surface area (Å²) in [6.45, 7) is 0. The Labute approximate surface area is 292 Å².